The molecule has 164 valence electrons. The van der Waals surface area contributed by atoms with Crippen LogP contribution in [0.5, 0.6) is 0 Å². The molecule has 4 rings (SSSR count). The van der Waals surface area contributed by atoms with Crippen LogP contribution in [0.2, 0.25) is 0 Å². The first-order chi connectivity index (χ1) is 15.5. The second-order valence-corrected chi connectivity index (χ2v) is 7.92. The summed E-state index contributed by atoms with van der Waals surface area (Å²) in [6, 6.07) is 9.73. The van der Waals surface area contributed by atoms with Gasteiger partial charge in [-0.15, -0.1) is 0 Å². The van der Waals surface area contributed by atoms with E-state index in [0.717, 1.165) is 35.3 Å². The molecule has 0 unspecified atom stereocenters. The molecule has 1 N–H and O–H groups in total. The van der Waals surface area contributed by atoms with Crippen molar-refractivity contribution in [1.82, 2.24) is 19.7 Å². The number of aryl methyl sites for hydroxylation is 1. The molecule has 0 saturated heterocycles. The van der Waals surface area contributed by atoms with Gasteiger partial charge in [-0.05, 0) is 55.2 Å². The summed E-state index contributed by atoms with van der Waals surface area (Å²) >= 11 is 0. The average Bonchev–Trinajstić information content (AvgIpc) is 3.40. The van der Waals surface area contributed by atoms with Crippen LogP contribution in [0.15, 0.2) is 36.7 Å². The molecular formula is C24H25N5O3. The number of aliphatic hydroxyl groups excluding tert-OH is 1. The Morgan fingerprint density at radius 1 is 1.28 bits per heavy atom. The van der Waals surface area contributed by atoms with Crippen LogP contribution in [0.1, 0.15) is 43.9 Å². The van der Waals surface area contributed by atoms with Crippen LogP contribution < -0.4 is 0 Å². The maximum absolute atomic E-state index is 11.8. The van der Waals surface area contributed by atoms with Gasteiger partial charge in [-0.3, -0.25) is 4.90 Å². The lowest BCUT2D eigenvalue weighted by Gasteiger charge is -2.21. The summed E-state index contributed by atoms with van der Waals surface area (Å²) in [5.41, 5.74) is 6.19. The van der Waals surface area contributed by atoms with Crippen molar-refractivity contribution in [2.45, 2.75) is 33.4 Å². The van der Waals surface area contributed by atoms with Crippen molar-refractivity contribution in [2.75, 3.05) is 19.7 Å². The molecule has 32 heavy (non-hydrogen) atoms. The number of pyridine rings is 1. The highest BCUT2D eigenvalue weighted by atomic mass is 16.5. The fourth-order valence-corrected chi connectivity index (χ4v) is 3.94. The number of carbonyl (C=O) groups excluding carboxylic acids is 1. The van der Waals surface area contributed by atoms with Crippen LogP contribution >= 0.6 is 0 Å². The van der Waals surface area contributed by atoms with E-state index in [1.165, 1.54) is 5.56 Å². The summed E-state index contributed by atoms with van der Waals surface area (Å²) in [7, 11) is 0. The van der Waals surface area contributed by atoms with E-state index in [9.17, 15) is 9.90 Å². The molecule has 0 atom stereocenters. The van der Waals surface area contributed by atoms with Crippen LogP contribution in [0.3, 0.4) is 0 Å². The molecule has 3 aromatic rings. The monoisotopic (exact) mass is 431 g/mol. The highest BCUT2D eigenvalue weighted by molar-refractivity contribution is 5.93. The first-order valence-corrected chi connectivity index (χ1v) is 10.5. The molecule has 2 aromatic heterocycles. The number of nitriles is 1. The topological polar surface area (TPSA) is 104 Å². The summed E-state index contributed by atoms with van der Waals surface area (Å²) in [6.07, 6.45) is 4.20. The van der Waals surface area contributed by atoms with Gasteiger partial charge in [0.05, 0.1) is 23.4 Å². The number of hydrogen-bond acceptors (Lipinski definition) is 7. The van der Waals surface area contributed by atoms with Crippen LogP contribution in [0.4, 0.5) is 0 Å². The predicted molar refractivity (Wildman–Crippen MR) is 117 cm³/mol. The molecule has 0 fully saturated rings. The Morgan fingerprint density at radius 2 is 2.12 bits per heavy atom. The minimum Gasteiger partial charge on any atom is -0.457 e. The number of benzene rings is 1. The Bertz CT molecular complexity index is 1190. The largest absolute Gasteiger partial charge is 0.457 e. The molecule has 0 amide bonds. The zero-order chi connectivity index (χ0) is 22.7. The number of carbonyl (C=O) groups is 1. The number of aromatic nitrogens is 3. The molecule has 1 aliphatic rings. The normalized spacial score (nSPS) is 12.7. The third-order valence-electron chi connectivity index (χ3n) is 5.87. The van der Waals surface area contributed by atoms with Gasteiger partial charge in [0.25, 0.3) is 0 Å². The summed E-state index contributed by atoms with van der Waals surface area (Å²) in [5, 5.41) is 23.2. The second kappa shape index (κ2) is 9.30. The number of cyclic esters (lactones) is 1. The predicted octanol–water partition coefficient (Wildman–Crippen LogP) is 2.46. The summed E-state index contributed by atoms with van der Waals surface area (Å²) in [4.78, 5) is 18.2. The number of nitrogens with zero attached hydrogens (tertiary/aromatic N) is 5. The smallest absolute Gasteiger partial charge is 0.338 e. The van der Waals surface area contributed by atoms with Gasteiger partial charge < -0.3 is 9.84 Å². The van der Waals surface area contributed by atoms with Gasteiger partial charge in [-0.1, -0.05) is 6.07 Å². The van der Waals surface area contributed by atoms with Crippen molar-refractivity contribution in [1.29, 1.82) is 5.26 Å². The van der Waals surface area contributed by atoms with Gasteiger partial charge in [-0.25, -0.2) is 14.5 Å². The zero-order valence-electron chi connectivity index (χ0n) is 18.2. The quantitative estimate of drug-likeness (QED) is 0.546. The fourth-order valence-electron chi connectivity index (χ4n) is 3.94. The number of ether oxygens (including phenoxy) is 1. The van der Waals surface area contributed by atoms with Crippen molar-refractivity contribution in [2.24, 2.45) is 0 Å². The molecule has 3 heterocycles. The van der Waals surface area contributed by atoms with Gasteiger partial charge in [-0.2, -0.15) is 10.4 Å². The van der Waals surface area contributed by atoms with E-state index in [2.05, 4.69) is 21.1 Å². The maximum Gasteiger partial charge on any atom is 0.338 e. The number of hydrogen-bond donors (Lipinski definition) is 1. The Morgan fingerprint density at radius 3 is 2.88 bits per heavy atom. The van der Waals surface area contributed by atoms with Crippen molar-refractivity contribution in [3.63, 3.8) is 0 Å². The SMILES string of the molecule is Cc1cc(-n2ccc(CN(CCO)CCc3ccc4c(c3C)COC4=O)n2)ncc1C#N. The van der Waals surface area contributed by atoms with Gasteiger partial charge in [0.1, 0.15) is 12.7 Å². The first-order valence-electron chi connectivity index (χ1n) is 10.5. The highest BCUT2D eigenvalue weighted by Crippen LogP contribution is 2.26. The van der Waals surface area contributed by atoms with E-state index < -0.39 is 0 Å². The van der Waals surface area contributed by atoms with E-state index in [-0.39, 0.29) is 12.6 Å². The number of aliphatic hydroxyl groups is 1. The van der Waals surface area contributed by atoms with E-state index in [0.29, 0.717) is 36.6 Å². The minimum atomic E-state index is -0.251. The van der Waals surface area contributed by atoms with Gasteiger partial charge >= 0.3 is 5.97 Å². The molecule has 1 aliphatic heterocycles. The van der Waals surface area contributed by atoms with Crippen molar-refractivity contribution in [3.8, 4) is 11.9 Å². The van der Waals surface area contributed by atoms with Gasteiger partial charge in [0.15, 0.2) is 5.82 Å². The molecule has 0 radical (unpaired) electrons. The Labute approximate surface area is 186 Å². The Hall–Kier alpha value is -3.54. The zero-order valence-corrected chi connectivity index (χ0v) is 18.2. The summed E-state index contributed by atoms with van der Waals surface area (Å²) in [6.45, 7) is 6.18. The number of rotatable bonds is 8. The van der Waals surface area contributed by atoms with Crippen LogP contribution in [0, 0.1) is 25.2 Å². The highest BCUT2D eigenvalue weighted by Gasteiger charge is 2.24. The minimum absolute atomic E-state index is 0.0581. The van der Waals surface area contributed by atoms with Crippen molar-refractivity contribution in [3.05, 3.63) is 75.7 Å². The van der Waals surface area contributed by atoms with E-state index in [4.69, 9.17) is 10.00 Å². The van der Waals surface area contributed by atoms with Crippen LogP contribution in [-0.2, 0) is 24.3 Å². The Kier molecular flexibility index (Phi) is 6.30. The van der Waals surface area contributed by atoms with Gasteiger partial charge in [0.2, 0.25) is 0 Å². The lowest BCUT2D eigenvalue weighted by atomic mass is 9.96. The molecular weight excluding hydrogens is 406 g/mol. The maximum atomic E-state index is 11.8. The summed E-state index contributed by atoms with van der Waals surface area (Å²) < 4.78 is 6.84. The van der Waals surface area contributed by atoms with Crippen molar-refractivity contribution < 1.29 is 14.6 Å². The van der Waals surface area contributed by atoms with E-state index in [1.807, 2.05) is 44.3 Å². The molecule has 1 aromatic carbocycles. The Balaban J connectivity index is 1.44. The molecule has 8 nitrogen and oxygen atoms in total. The molecule has 8 heteroatoms. The third-order valence-corrected chi connectivity index (χ3v) is 5.87. The standard InChI is InChI=1S/C24H25N5O3/c1-16-11-23(26-13-19(16)12-25)29-8-6-20(27-29)14-28(9-10-30)7-5-18-3-4-21-22(17(18)2)15-32-24(21)31/h3-4,6,8,11,13,30H,5,7,9-10,14-15H2,1-2H3. The first kappa shape index (κ1) is 21.7. The number of fused-ring (bicyclic) bond motifs is 1. The average molecular weight is 431 g/mol. The van der Waals surface area contributed by atoms with Crippen LogP contribution in [0.25, 0.3) is 5.82 Å². The molecule has 0 aliphatic carbocycles. The lowest BCUT2D eigenvalue weighted by Crippen LogP contribution is -2.29. The summed E-state index contributed by atoms with van der Waals surface area (Å²) in [5.74, 6) is 0.408. The lowest BCUT2D eigenvalue weighted by molar-refractivity contribution is 0.0535. The van der Waals surface area contributed by atoms with E-state index in [1.54, 1.807) is 10.9 Å². The van der Waals surface area contributed by atoms with Crippen molar-refractivity contribution >= 4 is 5.97 Å². The second-order valence-electron chi connectivity index (χ2n) is 7.92. The number of esters is 1. The molecule has 0 bridgehead atoms. The van der Waals surface area contributed by atoms with E-state index >= 15 is 0 Å². The van der Waals surface area contributed by atoms with Crippen LogP contribution in [-0.4, -0.2) is 50.4 Å². The fraction of sp³-hybridized carbons (Fsp3) is 0.333. The van der Waals surface area contributed by atoms with Gasteiger partial charge in [0, 0.05) is 37.6 Å². The molecule has 0 spiro atoms. The third kappa shape index (κ3) is 4.40. The molecule has 0 saturated carbocycles.